The van der Waals surface area contributed by atoms with Crippen LogP contribution in [-0.4, -0.2) is 27.3 Å². The third-order valence-corrected chi connectivity index (χ3v) is 4.29. The molecule has 124 valence electrons. The highest BCUT2D eigenvalue weighted by Gasteiger charge is 2.13. The molecule has 3 aromatic rings. The Balaban J connectivity index is 1.72. The highest BCUT2D eigenvalue weighted by Crippen LogP contribution is 2.26. The molecular formula is C17H18N4O2S. The van der Waals surface area contributed by atoms with Crippen molar-refractivity contribution in [2.45, 2.75) is 13.8 Å². The Kier molecular flexibility index (Phi) is 4.61. The number of hydrogen-bond acceptors (Lipinski definition) is 5. The van der Waals surface area contributed by atoms with Crippen molar-refractivity contribution >= 4 is 22.4 Å². The molecule has 0 spiro atoms. The van der Waals surface area contributed by atoms with Gasteiger partial charge in [-0.05, 0) is 44.2 Å². The second kappa shape index (κ2) is 6.84. The maximum atomic E-state index is 12.2. The van der Waals surface area contributed by atoms with E-state index in [1.807, 2.05) is 43.5 Å². The van der Waals surface area contributed by atoms with Crippen molar-refractivity contribution in [3.8, 4) is 17.0 Å². The van der Waals surface area contributed by atoms with Crippen molar-refractivity contribution in [3.63, 3.8) is 0 Å². The summed E-state index contributed by atoms with van der Waals surface area (Å²) in [6.45, 7) is 4.49. The Labute approximate surface area is 144 Å². The summed E-state index contributed by atoms with van der Waals surface area (Å²) < 4.78 is 7.10. The molecule has 6 nitrogen and oxygen atoms in total. The predicted molar refractivity (Wildman–Crippen MR) is 94.6 cm³/mol. The standard InChI is InChI=1S/C17H18N4O2S/c1-4-23-13-7-5-12(6-8-13)15-10-24-17(18-15)19-16(22)14-9-11(2)21(3)20-14/h5-10H,4H2,1-3H3,(H,18,19,22). The van der Waals surface area contributed by atoms with Gasteiger partial charge in [-0.2, -0.15) is 5.10 Å². The van der Waals surface area contributed by atoms with Gasteiger partial charge in [0.05, 0.1) is 12.3 Å². The van der Waals surface area contributed by atoms with E-state index in [2.05, 4.69) is 15.4 Å². The average Bonchev–Trinajstić information content (AvgIpc) is 3.16. The van der Waals surface area contributed by atoms with E-state index in [1.54, 1.807) is 17.8 Å². The summed E-state index contributed by atoms with van der Waals surface area (Å²) in [6, 6.07) is 9.47. The van der Waals surface area contributed by atoms with E-state index in [9.17, 15) is 4.79 Å². The second-order valence-corrected chi connectivity index (χ2v) is 6.10. The number of thiazole rings is 1. The Morgan fingerprint density at radius 1 is 1.33 bits per heavy atom. The van der Waals surface area contributed by atoms with E-state index in [1.165, 1.54) is 11.3 Å². The van der Waals surface area contributed by atoms with Gasteiger partial charge in [0.2, 0.25) is 0 Å². The number of hydrogen-bond donors (Lipinski definition) is 1. The van der Waals surface area contributed by atoms with E-state index in [4.69, 9.17) is 4.74 Å². The van der Waals surface area contributed by atoms with Gasteiger partial charge >= 0.3 is 0 Å². The summed E-state index contributed by atoms with van der Waals surface area (Å²) in [5.41, 5.74) is 3.10. The highest BCUT2D eigenvalue weighted by molar-refractivity contribution is 7.14. The Morgan fingerprint density at radius 2 is 2.08 bits per heavy atom. The summed E-state index contributed by atoms with van der Waals surface area (Å²) in [6.07, 6.45) is 0. The fourth-order valence-electron chi connectivity index (χ4n) is 2.19. The minimum Gasteiger partial charge on any atom is -0.494 e. The molecule has 0 unspecified atom stereocenters. The molecule has 0 atom stereocenters. The van der Waals surface area contributed by atoms with Gasteiger partial charge in [-0.3, -0.25) is 14.8 Å². The minimum absolute atomic E-state index is 0.258. The maximum absolute atomic E-state index is 12.2. The zero-order valence-electron chi connectivity index (χ0n) is 13.7. The molecule has 0 fully saturated rings. The lowest BCUT2D eigenvalue weighted by molar-refractivity contribution is 0.102. The van der Waals surface area contributed by atoms with Crippen molar-refractivity contribution in [1.82, 2.24) is 14.8 Å². The summed E-state index contributed by atoms with van der Waals surface area (Å²) >= 11 is 1.38. The van der Waals surface area contributed by atoms with E-state index >= 15 is 0 Å². The number of carbonyl (C=O) groups excluding carboxylic acids is 1. The number of aryl methyl sites for hydroxylation is 2. The molecular weight excluding hydrogens is 324 g/mol. The molecule has 2 heterocycles. The Morgan fingerprint density at radius 3 is 2.71 bits per heavy atom. The molecule has 24 heavy (non-hydrogen) atoms. The quantitative estimate of drug-likeness (QED) is 0.770. The van der Waals surface area contributed by atoms with Gasteiger partial charge in [0.25, 0.3) is 5.91 Å². The van der Waals surface area contributed by atoms with Crippen LogP contribution in [-0.2, 0) is 7.05 Å². The Bertz CT molecular complexity index is 832. The molecule has 7 heteroatoms. The van der Waals surface area contributed by atoms with Crippen LogP contribution < -0.4 is 10.1 Å². The third-order valence-electron chi connectivity index (χ3n) is 3.53. The van der Waals surface area contributed by atoms with Crippen LogP contribution in [0.15, 0.2) is 35.7 Å². The zero-order valence-corrected chi connectivity index (χ0v) is 14.6. The van der Waals surface area contributed by atoms with Crippen LogP contribution in [0, 0.1) is 6.92 Å². The van der Waals surface area contributed by atoms with Gasteiger partial charge in [-0.1, -0.05) is 0 Å². The zero-order chi connectivity index (χ0) is 17.1. The van der Waals surface area contributed by atoms with Crippen molar-refractivity contribution in [2.75, 3.05) is 11.9 Å². The first-order valence-electron chi connectivity index (χ1n) is 7.57. The van der Waals surface area contributed by atoms with Gasteiger partial charge in [0.1, 0.15) is 5.75 Å². The average molecular weight is 342 g/mol. The maximum Gasteiger partial charge on any atom is 0.277 e. The number of anilines is 1. The monoisotopic (exact) mass is 342 g/mol. The molecule has 0 bridgehead atoms. The topological polar surface area (TPSA) is 69.0 Å². The lowest BCUT2D eigenvalue weighted by atomic mass is 10.2. The van der Waals surface area contributed by atoms with Crippen molar-refractivity contribution < 1.29 is 9.53 Å². The number of rotatable bonds is 5. The second-order valence-electron chi connectivity index (χ2n) is 5.24. The number of nitrogens with zero attached hydrogens (tertiary/aromatic N) is 3. The fourth-order valence-corrected chi connectivity index (χ4v) is 2.90. The first-order chi connectivity index (χ1) is 11.6. The van der Waals surface area contributed by atoms with Crippen LogP contribution in [0.1, 0.15) is 23.1 Å². The number of aromatic nitrogens is 3. The number of amides is 1. The number of nitrogens with one attached hydrogen (secondary N) is 1. The minimum atomic E-state index is -0.258. The van der Waals surface area contributed by atoms with Gasteiger partial charge in [-0.25, -0.2) is 4.98 Å². The molecule has 1 amide bonds. The number of carbonyl (C=O) groups is 1. The molecule has 0 saturated carbocycles. The van der Waals surface area contributed by atoms with Gasteiger partial charge in [0, 0.05) is 23.7 Å². The van der Waals surface area contributed by atoms with E-state index in [-0.39, 0.29) is 5.91 Å². The third kappa shape index (κ3) is 3.46. The van der Waals surface area contributed by atoms with E-state index in [0.29, 0.717) is 17.4 Å². The van der Waals surface area contributed by atoms with Gasteiger partial charge in [-0.15, -0.1) is 11.3 Å². The molecule has 0 radical (unpaired) electrons. The van der Waals surface area contributed by atoms with Crippen LogP contribution in [0.25, 0.3) is 11.3 Å². The molecule has 2 aromatic heterocycles. The first-order valence-corrected chi connectivity index (χ1v) is 8.45. The smallest absolute Gasteiger partial charge is 0.277 e. The summed E-state index contributed by atoms with van der Waals surface area (Å²) in [5.74, 6) is 0.571. The summed E-state index contributed by atoms with van der Waals surface area (Å²) in [7, 11) is 1.81. The number of ether oxygens (including phenoxy) is 1. The molecule has 3 rings (SSSR count). The lowest BCUT2D eigenvalue weighted by Crippen LogP contribution is -2.12. The van der Waals surface area contributed by atoms with Crippen LogP contribution in [0.4, 0.5) is 5.13 Å². The Hall–Kier alpha value is -2.67. The van der Waals surface area contributed by atoms with Gasteiger partial charge < -0.3 is 4.74 Å². The molecule has 1 N–H and O–H groups in total. The normalized spacial score (nSPS) is 10.6. The summed E-state index contributed by atoms with van der Waals surface area (Å²) in [4.78, 5) is 16.7. The van der Waals surface area contributed by atoms with E-state index < -0.39 is 0 Å². The molecule has 0 aliphatic rings. The molecule has 0 aliphatic carbocycles. The van der Waals surface area contributed by atoms with Crippen molar-refractivity contribution in [1.29, 1.82) is 0 Å². The largest absolute Gasteiger partial charge is 0.494 e. The van der Waals surface area contributed by atoms with Crippen LogP contribution in [0.3, 0.4) is 0 Å². The first kappa shape index (κ1) is 16.2. The lowest BCUT2D eigenvalue weighted by Gasteiger charge is -2.03. The molecule has 1 aromatic carbocycles. The van der Waals surface area contributed by atoms with Crippen LogP contribution in [0.2, 0.25) is 0 Å². The fraction of sp³-hybridized carbons (Fsp3) is 0.235. The highest BCUT2D eigenvalue weighted by atomic mass is 32.1. The van der Waals surface area contributed by atoms with Crippen molar-refractivity contribution in [3.05, 3.63) is 47.1 Å². The van der Waals surface area contributed by atoms with Crippen molar-refractivity contribution in [2.24, 2.45) is 7.05 Å². The SMILES string of the molecule is CCOc1ccc(-c2csc(NC(=O)c3cc(C)n(C)n3)n2)cc1. The molecule has 0 aliphatic heterocycles. The van der Waals surface area contributed by atoms with Gasteiger partial charge in [0.15, 0.2) is 10.8 Å². The van der Waals surface area contributed by atoms with Crippen LogP contribution >= 0.6 is 11.3 Å². The van der Waals surface area contributed by atoms with Crippen LogP contribution in [0.5, 0.6) is 5.75 Å². The summed E-state index contributed by atoms with van der Waals surface area (Å²) in [5, 5.41) is 9.41. The predicted octanol–water partition coefficient (Wildman–Crippen LogP) is 3.50. The van der Waals surface area contributed by atoms with E-state index in [0.717, 1.165) is 22.7 Å². The molecule has 0 saturated heterocycles. The number of benzene rings is 1.